The van der Waals surface area contributed by atoms with Gasteiger partial charge >= 0.3 is 0 Å². The summed E-state index contributed by atoms with van der Waals surface area (Å²) in [6, 6.07) is 24.5. The Balaban J connectivity index is 1.40. The molecular weight excluding hydrogens is 402 g/mol. The van der Waals surface area contributed by atoms with Crippen molar-refractivity contribution in [3.63, 3.8) is 0 Å². The molecule has 1 heterocycles. The standard InChI is InChI=1S/C27H27NO4/c1-3-20-8-7-11-26-25(20)16-19(2)28(26)27(30)21-12-14-24(15-13-21)32-18-22(29)17-31-23-9-5-4-6-10-23/h4-16,22,29H,3,17-18H2,1-2H3. The lowest BCUT2D eigenvalue weighted by atomic mass is 10.1. The molecule has 4 aromatic rings. The summed E-state index contributed by atoms with van der Waals surface area (Å²) in [5.74, 6) is 1.21. The number of fused-ring (bicyclic) bond motifs is 1. The van der Waals surface area contributed by atoms with Crippen LogP contribution in [0.3, 0.4) is 0 Å². The van der Waals surface area contributed by atoms with Crippen molar-refractivity contribution in [2.75, 3.05) is 13.2 Å². The Labute approximate surface area is 187 Å². The summed E-state index contributed by atoms with van der Waals surface area (Å²) in [6.45, 7) is 4.31. The van der Waals surface area contributed by atoms with Crippen molar-refractivity contribution in [1.82, 2.24) is 4.57 Å². The number of nitrogens with zero attached hydrogens (tertiary/aromatic N) is 1. The van der Waals surface area contributed by atoms with Crippen LogP contribution >= 0.6 is 0 Å². The summed E-state index contributed by atoms with van der Waals surface area (Å²) in [5, 5.41) is 11.2. The number of rotatable bonds is 8. The minimum Gasteiger partial charge on any atom is -0.491 e. The molecule has 0 aliphatic carbocycles. The number of aliphatic hydroxyl groups excluding tert-OH is 1. The van der Waals surface area contributed by atoms with Crippen LogP contribution in [0.1, 0.15) is 28.5 Å². The maximum Gasteiger partial charge on any atom is 0.262 e. The van der Waals surface area contributed by atoms with Crippen LogP contribution in [0, 0.1) is 6.92 Å². The molecule has 0 saturated carbocycles. The Kier molecular flexibility index (Phi) is 6.57. The first-order valence-electron chi connectivity index (χ1n) is 10.8. The number of aryl methyl sites for hydroxylation is 2. The number of ether oxygens (including phenoxy) is 2. The van der Waals surface area contributed by atoms with Gasteiger partial charge in [-0.25, -0.2) is 0 Å². The van der Waals surface area contributed by atoms with Crippen molar-refractivity contribution < 1.29 is 19.4 Å². The van der Waals surface area contributed by atoms with E-state index in [-0.39, 0.29) is 19.1 Å². The van der Waals surface area contributed by atoms with Crippen molar-refractivity contribution in [3.8, 4) is 11.5 Å². The van der Waals surface area contributed by atoms with E-state index in [1.165, 1.54) is 5.56 Å². The van der Waals surface area contributed by atoms with Crippen LogP contribution in [0.5, 0.6) is 11.5 Å². The summed E-state index contributed by atoms with van der Waals surface area (Å²) in [5.41, 5.74) is 3.64. The minimum absolute atomic E-state index is 0.0754. The molecule has 0 aliphatic heterocycles. The molecule has 0 spiro atoms. The highest BCUT2D eigenvalue weighted by Crippen LogP contribution is 2.25. The maximum atomic E-state index is 13.2. The summed E-state index contributed by atoms with van der Waals surface area (Å²) >= 11 is 0. The number of hydrogen-bond acceptors (Lipinski definition) is 4. The molecule has 0 bridgehead atoms. The van der Waals surface area contributed by atoms with Gasteiger partial charge in [0.1, 0.15) is 30.8 Å². The van der Waals surface area contributed by atoms with E-state index in [0.29, 0.717) is 17.1 Å². The number of hydrogen-bond donors (Lipinski definition) is 1. The van der Waals surface area contributed by atoms with E-state index in [4.69, 9.17) is 9.47 Å². The normalized spacial score (nSPS) is 12.0. The number of para-hydroxylation sites is 1. The van der Waals surface area contributed by atoms with E-state index >= 15 is 0 Å². The average molecular weight is 430 g/mol. The molecular formula is C27H27NO4. The van der Waals surface area contributed by atoms with Crippen molar-refractivity contribution >= 4 is 16.8 Å². The molecule has 1 N–H and O–H groups in total. The molecule has 164 valence electrons. The van der Waals surface area contributed by atoms with Gasteiger partial charge in [-0.15, -0.1) is 0 Å². The second-order valence-electron chi connectivity index (χ2n) is 7.74. The van der Waals surface area contributed by atoms with Gasteiger partial charge in [0, 0.05) is 16.6 Å². The van der Waals surface area contributed by atoms with E-state index in [1.54, 1.807) is 28.8 Å². The molecule has 1 unspecified atom stereocenters. The van der Waals surface area contributed by atoms with Crippen molar-refractivity contribution in [3.05, 3.63) is 95.7 Å². The highest BCUT2D eigenvalue weighted by molar-refractivity contribution is 6.03. The van der Waals surface area contributed by atoms with E-state index < -0.39 is 6.10 Å². The second kappa shape index (κ2) is 9.71. The quantitative estimate of drug-likeness (QED) is 0.427. The molecule has 3 aromatic carbocycles. The van der Waals surface area contributed by atoms with Crippen LogP contribution in [-0.2, 0) is 6.42 Å². The first kappa shape index (κ1) is 21.7. The number of carbonyl (C=O) groups is 1. The number of benzene rings is 3. The van der Waals surface area contributed by atoms with Gasteiger partial charge in [0.05, 0.1) is 5.52 Å². The zero-order chi connectivity index (χ0) is 22.5. The summed E-state index contributed by atoms with van der Waals surface area (Å²) in [7, 11) is 0. The first-order valence-corrected chi connectivity index (χ1v) is 10.8. The number of aromatic nitrogens is 1. The SMILES string of the molecule is CCc1cccc2c1cc(C)n2C(=O)c1ccc(OCC(O)COc2ccccc2)cc1. The van der Waals surface area contributed by atoms with Gasteiger partial charge in [0.2, 0.25) is 0 Å². The minimum atomic E-state index is -0.766. The van der Waals surface area contributed by atoms with Crippen LogP contribution in [0.2, 0.25) is 0 Å². The molecule has 1 aromatic heterocycles. The highest BCUT2D eigenvalue weighted by atomic mass is 16.5. The zero-order valence-electron chi connectivity index (χ0n) is 18.3. The Morgan fingerprint density at radius 3 is 2.22 bits per heavy atom. The van der Waals surface area contributed by atoms with Crippen LogP contribution in [0.4, 0.5) is 0 Å². The van der Waals surface area contributed by atoms with Gasteiger partial charge in [-0.05, 0) is 67.4 Å². The van der Waals surface area contributed by atoms with Gasteiger partial charge in [-0.1, -0.05) is 37.3 Å². The largest absolute Gasteiger partial charge is 0.491 e. The van der Waals surface area contributed by atoms with E-state index in [2.05, 4.69) is 19.1 Å². The molecule has 5 heteroatoms. The lowest BCUT2D eigenvalue weighted by molar-refractivity contribution is 0.0626. The molecule has 0 radical (unpaired) electrons. The highest BCUT2D eigenvalue weighted by Gasteiger charge is 2.16. The van der Waals surface area contributed by atoms with Crippen molar-refractivity contribution in [2.45, 2.75) is 26.4 Å². The van der Waals surface area contributed by atoms with Gasteiger partial charge in [-0.2, -0.15) is 0 Å². The first-order chi connectivity index (χ1) is 15.6. The third-order valence-corrected chi connectivity index (χ3v) is 5.43. The van der Waals surface area contributed by atoms with Crippen LogP contribution < -0.4 is 9.47 Å². The average Bonchev–Trinajstić information content (AvgIpc) is 3.17. The van der Waals surface area contributed by atoms with Crippen molar-refractivity contribution in [2.24, 2.45) is 0 Å². The van der Waals surface area contributed by atoms with Gasteiger partial charge < -0.3 is 14.6 Å². The molecule has 0 amide bonds. The van der Waals surface area contributed by atoms with Crippen molar-refractivity contribution in [1.29, 1.82) is 0 Å². The monoisotopic (exact) mass is 429 g/mol. The Morgan fingerprint density at radius 2 is 1.56 bits per heavy atom. The summed E-state index contributed by atoms with van der Waals surface area (Å²) in [6.07, 6.45) is 0.154. The number of aliphatic hydroxyl groups is 1. The van der Waals surface area contributed by atoms with Crippen LogP contribution in [0.15, 0.2) is 78.9 Å². The molecule has 1 atom stereocenters. The van der Waals surface area contributed by atoms with E-state index in [1.807, 2.05) is 49.4 Å². The zero-order valence-corrected chi connectivity index (χ0v) is 18.3. The Morgan fingerprint density at radius 1 is 0.906 bits per heavy atom. The fourth-order valence-electron chi connectivity index (χ4n) is 3.77. The smallest absolute Gasteiger partial charge is 0.262 e. The maximum absolute atomic E-state index is 13.2. The summed E-state index contributed by atoms with van der Waals surface area (Å²) in [4.78, 5) is 13.2. The van der Waals surface area contributed by atoms with Crippen LogP contribution in [-0.4, -0.2) is 34.9 Å². The fourth-order valence-corrected chi connectivity index (χ4v) is 3.77. The fraction of sp³-hybridized carbons (Fsp3) is 0.222. The third kappa shape index (κ3) is 4.68. The van der Waals surface area contributed by atoms with Gasteiger partial charge in [0.15, 0.2) is 0 Å². The Hall–Kier alpha value is -3.57. The Bertz CT molecular complexity index is 1200. The third-order valence-electron chi connectivity index (χ3n) is 5.43. The van der Waals surface area contributed by atoms with Gasteiger partial charge in [0.25, 0.3) is 5.91 Å². The van der Waals surface area contributed by atoms with E-state index in [0.717, 1.165) is 23.0 Å². The summed E-state index contributed by atoms with van der Waals surface area (Å²) < 4.78 is 13.0. The topological polar surface area (TPSA) is 60.7 Å². The molecule has 0 fully saturated rings. The predicted octanol–water partition coefficient (Wildman–Crippen LogP) is 5.02. The van der Waals surface area contributed by atoms with E-state index in [9.17, 15) is 9.90 Å². The van der Waals surface area contributed by atoms with Crippen LogP contribution in [0.25, 0.3) is 10.9 Å². The molecule has 5 nitrogen and oxygen atoms in total. The molecule has 32 heavy (non-hydrogen) atoms. The van der Waals surface area contributed by atoms with Gasteiger partial charge in [-0.3, -0.25) is 9.36 Å². The molecule has 0 aliphatic rings. The number of carbonyl (C=O) groups excluding carboxylic acids is 1. The lowest BCUT2D eigenvalue weighted by Crippen LogP contribution is -2.25. The molecule has 4 rings (SSSR count). The molecule has 0 saturated heterocycles. The lowest BCUT2D eigenvalue weighted by Gasteiger charge is -2.14. The predicted molar refractivity (Wildman–Crippen MR) is 126 cm³/mol. The second-order valence-corrected chi connectivity index (χ2v) is 7.74.